The van der Waals surface area contributed by atoms with Crippen LogP contribution in [0.1, 0.15) is 58.8 Å². The fourth-order valence-corrected chi connectivity index (χ4v) is 2.30. The van der Waals surface area contributed by atoms with Crippen LogP contribution < -0.4 is 10.6 Å². The molecule has 0 heterocycles. The lowest BCUT2D eigenvalue weighted by molar-refractivity contribution is -0.125. The molecule has 0 spiro atoms. The Hall–Kier alpha value is -1.39. The van der Waals surface area contributed by atoms with Gasteiger partial charge in [-0.2, -0.15) is 0 Å². The van der Waals surface area contributed by atoms with Gasteiger partial charge >= 0.3 is 0 Å². The minimum Gasteiger partial charge on any atom is -0.353 e. The Morgan fingerprint density at radius 3 is 1.79 bits per heavy atom. The van der Waals surface area contributed by atoms with E-state index in [2.05, 4.69) is 10.6 Å². The number of ketones is 1. The van der Waals surface area contributed by atoms with E-state index in [0.29, 0.717) is 12.8 Å². The number of carbonyl (C=O) groups excluding carboxylic acids is 3. The minimum atomic E-state index is -0.0451. The van der Waals surface area contributed by atoms with Gasteiger partial charge in [0.25, 0.3) is 0 Å². The largest absolute Gasteiger partial charge is 0.353 e. The Bertz CT molecular complexity index is 334. The fourth-order valence-electron chi connectivity index (χ4n) is 2.30. The molecule has 1 saturated carbocycles. The Morgan fingerprint density at radius 1 is 0.895 bits per heavy atom. The molecule has 0 bridgehead atoms. The minimum absolute atomic E-state index is 0.0427. The highest BCUT2D eigenvalue weighted by molar-refractivity contribution is 5.83. The standard InChI is InChI=1S/C14H24N2O3/c1-3-13(18)15-11-5-7-12(8-6-11)16-14(19)9-4-10(2)17/h11-12H,3-9H2,1-2H3,(H,15,18)(H,16,19). The first-order valence-electron chi connectivity index (χ1n) is 7.09. The lowest BCUT2D eigenvalue weighted by Crippen LogP contribution is -2.43. The molecule has 0 atom stereocenters. The van der Waals surface area contributed by atoms with E-state index in [1.165, 1.54) is 6.92 Å². The molecule has 2 amide bonds. The van der Waals surface area contributed by atoms with Crippen LogP contribution in [0.4, 0.5) is 0 Å². The smallest absolute Gasteiger partial charge is 0.220 e. The van der Waals surface area contributed by atoms with Gasteiger partial charge in [-0.25, -0.2) is 0 Å². The second-order valence-corrected chi connectivity index (χ2v) is 5.24. The maximum absolute atomic E-state index is 11.6. The summed E-state index contributed by atoms with van der Waals surface area (Å²) in [6.45, 7) is 3.34. The van der Waals surface area contributed by atoms with Crippen molar-refractivity contribution in [2.75, 3.05) is 0 Å². The molecule has 0 radical (unpaired) electrons. The number of carbonyl (C=O) groups is 3. The van der Waals surface area contributed by atoms with Crippen molar-refractivity contribution in [3.05, 3.63) is 0 Å². The lowest BCUT2D eigenvalue weighted by atomic mass is 9.91. The molecule has 1 aliphatic rings. The van der Waals surface area contributed by atoms with E-state index in [4.69, 9.17) is 0 Å². The monoisotopic (exact) mass is 268 g/mol. The highest BCUT2D eigenvalue weighted by atomic mass is 16.2. The first-order valence-corrected chi connectivity index (χ1v) is 7.09. The first-order chi connectivity index (χ1) is 9.01. The quantitative estimate of drug-likeness (QED) is 0.762. The van der Waals surface area contributed by atoms with Crippen molar-refractivity contribution in [3.8, 4) is 0 Å². The molecule has 0 aromatic rings. The molecule has 108 valence electrons. The second-order valence-electron chi connectivity index (χ2n) is 5.24. The van der Waals surface area contributed by atoms with E-state index in [9.17, 15) is 14.4 Å². The van der Waals surface area contributed by atoms with E-state index in [1.54, 1.807) is 0 Å². The molecule has 0 unspecified atom stereocenters. The zero-order chi connectivity index (χ0) is 14.3. The van der Waals surface area contributed by atoms with Crippen molar-refractivity contribution in [3.63, 3.8) is 0 Å². The molecule has 0 aromatic carbocycles. The van der Waals surface area contributed by atoms with Crippen LogP contribution in [0.5, 0.6) is 0 Å². The summed E-state index contributed by atoms with van der Waals surface area (Å²) >= 11 is 0. The van der Waals surface area contributed by atoms with Crippen molar-refractivity contribution in [2.45, 2.75) is 70.9 Å². The zero-order valence-electron chi connectivity index (χ0n) is 11.8. The van der Waals surface area contributed by atoms with Crippen molar-refractivity contribution >= 4 is 17.6 Å². The van der Waals surface area contributed by atoms with Gasteiger partial charge in [0, 0.05) is 31.3 Å². The third kappa shape index (κ3) is 6.36. The Morgan fingerprint density at radius 2 is 1.37 bits per heavy atom. The first kappa shape index (κ1) is 15.7. The number of amides is 2. The highest BCUT2D eigenvalue weighted by Crippen LogP contribution is 2.18. The van der Waals surface area contributed by atoms with Crippen LogP contribution in [0.15, 0.2) is 0 Å². The topological polar surface area (TPSA) is 75.3 Å². The highest BCUT2D eigenvalue weighted by Gasteiger charge is 2.23. The number of rotatable bonds is 6. The normalized spacial score (nSPS) is 22.6. The summed E-state index contributed by atoms with van der Waals surface area (Å²) in [7, 11) is 0. The van der Waals surface area contributed by atoms with Gasteiger partial charge in [0.05, 0.1) is 0 Å². The van der Waals surface area contributed by atoms with Crippen LogP contribution in [0.25, 0.3) is 0 Å². The van der Waals surface area contributed by atoms with Crippen LogP contribution in [0, 0.1) is 0 Å². The summed E-state index contributed by atoms with van der Waals surface area (Å²) in [5, 5.41) is 5.94. The Balaban J connectivity index is 2.21. The number of hydrogen-bond acceptors (Lipinski definition) is 3. The van der Waals surface area contributed by atoms with Crippen molar-refractivity contribution in [1.29, 1.82) is 0 Å². The van der Waals surface area contributed by atoms with Gasteiger partial charge in [0.1, 0.15) is 5.78 Å². The molecule has 0 saturated heterocycles. The summed E-state index contributed by atoms with van der Waals surface area (Å²) in [5.74, 6) is 0.0892. The number of nitrogens with one attached hydrogen (secondary N) is 2. The average Bonchev–Trinajstić information content (AvgIpc) is 2.38. The van der Waals surface area contributed by atoms with E-state index < -0.39 is 0 Å². The Labute approximate surface area is 114 Å². The predicted octanol–water partition coefficient (Wildman–Crippen LogP) is 1.31. The molecule has 19 heavy (non-hydrogen) atoms. The molecular formula is C14H24N2O3. The maximum Gasteiger partial charge on any atom is 0.220 e. The van der Waals surface area contributed by atoms with Gasteiger partial charge in [-0.05, 0) is 32.6 Å². The van der Waals surface area contributed by atoms with E-state index in [0.717, 1.165) is 25.7 Å². The molecule has 5 nitrogen and oxygen atoms in total. The van der Waals surface area contributed by atoms with Gasteiger partial charge < -0.3 is 15.4 Å². The third-order valence-electron chi connectivity index (χ3n) is 3.48. The fraction of sp³-hybridized carbons (Fsp3) is 0.786. The summed E-state index contributed by atoms with van der Waals surface area (Å²) in [6, 6.07) is 0.437. The molecule has 0 aliphatic heterocycles. The summed E-state index contributed by atoms with van der Waals surface area (Å²) in [6.07, 6.45) is 4.70. The molecular weight excluding hydrogens is 244 g/mol. The summed E-state index contributed by atoms with van der Waals surface area (Å²) < 4.78 is 0. The Kier molecular flexibility index (Phi) is 6.53. The molecule has 2 N–H and O–H groups in total. The van der Waals surface area contributed by atoms with Gasteiger partial charge in [0.15, 0.2) is 0 Å². The van der Waals surface area contributed by atoms with Crippen molar-refractivity contribution in [1.82, 2.24) is 10.6 Å². The van der Waals surface area contributed by atoms with Crippen LogP contribution in [0.3, 0.4) is 0 Å². The SMILES string of the molecule is CCC(=O)NC1CCC(NC(=O)CCC(C)=O)CC1. The van der Waals surface area contributed by atoms with Gasteiger partial charge in [-0.15, -0.1) is 0 Å². The maximum atomic E-state index is 11.6. The molecule has 1 aliphatic carbocycles. The number of Topliss-reactive ketones (excluding diaryl/α,β-unsaturated/α-hetero) is 1. The van der Waals surface area contributed by atoms with Gasteiger partial charge in [-0.3, -0.25) is 9.59 Å². The van der Waals surface area contributed by atoms with Gasteiger partial charge in [0.2, 0.25) is 11.8 Å². The number of hydrogen-bond donors (Lipinski definition) is 2. The van der Waals surface area contributed by atoms with E-state index in [1.807, 2.05) is 6.92 Å². The summed E-state index contributed by atoms with van der Waals surface area (Å²) in [5.41, 5.74) is 0. The van der Waals surface area contributed by atoms with Crippen LogP contribution in [-0.2, 0) is 14.4 Å². The lowest BCUT2D eigenvalue weighted by Gasteiger charge is -2.29. The molecule has 1 rings (SSSR count). The average molecular weight is 268 g/mol. The van der Waals surface area contributed by atoms with Crippen LogP contribution >= 0.6 is 0 Å². The second kappa shape index (κ2) is 7.92. The van der Waals surface area contributed by atoms with Crippen molar-refractivity contribution in [2.24, 2.45) is 0 Å². The van der Waals surface area contributed by atoms with E-state index >= 15 is 0 Å². The predicted molar refractivity (Wildman–Crippen MR) is 72.5 cm³/mol. The molecule has 1 fully saturated rings. The van der Waals surface area contributed by atoms with Crippen molar-refractivity contribution < 1.29 is 14.4 Å². The summed E-state index contributed by atoms with van der Waals surface area (Å²) in [4.78, 5) is 33.7. The van der Waals surface area contributed by atoms with Gasteiger partial charge in [-0.1, -0.05) is 6.92 Å². The van der Waals surface area contributed by atoms with E-state index in [-0.39, 0.29) is 36.1 Å². The molecule has 5 heteroatoms. The molecule has 0 aromatic heterocycles. The van der Waals surface area contributed by atoms with Crippen LogP contribution in [-0.4, -0.2) is 29.7 Å². The zero-order valence-corrected chi connectivity index (χ0v) is 11.8. The van der Waals surface area contributed by atoms with Crippen LogP contribution in [0.2, 0.25) is 0 Å². The third-order valence-corrected chi connectivity index (χ3v) is 3.48.